The molecule has 0 aliphatic rings. The molecule has 1 aromatic carbocycles. The molecule has 4 nitrogen and oxygen atoms in total. The predicted octanol–water partition coefficient (Wildman–Crippen LogP) is 2.35. The van der Waals surface area contributed by atoms with Gasteiger partial charge in [0.15, 0.2) is 5.92 Å². The molecule has 0 aliphatic carbocycles. The second-order valence-electron chi connectivity index (χ2n) is 4.65. The van der Waals surface area contributed by atoms with Crippen molar-refractivity contribution in [3.8, 4) is 0 Å². The lowest BCUT2D eigenvalue weighted by Gasteiger charge is -2.20. The Morgan fingerprint density at radius 1 is 0.895 bits per heavy atom. The Hall–Kier alpha value is -1.84. The molecule has 0 unspecified atom stereocenters. The van der Waals surface area contributed by atoms with E-state index in [-0.39, 0.29) is 0 Å². The highest BCUT2D eigenvalue weighted by atomic mass is 16.5. The zero-order valence-electron chi connectivity index (χ0n) is 12.3. The van der Waals surface area contributed by atoms with Crippen LogP contribution in [-0.4, -0.2) is 26.2 Å². The molecule has 0 aliphatic heterocycles. The molecule has 0 amide bonds. The van der Waals surface area contributed by atoms with Gasteiger partial charge in [-0.05, 0) is 55.5 Å². The third-order valence-corrected chi connectivity index (χ3v) is 3.58. The Kier molecular flexibility index (Phi) is 4.70. The van der Waals surface area contributed by atoms with Crippen LogP contribution in [0, 0.1) is 27.7 Å². The van der Waals surface area contributed by atoms with Gasteiger partial charge in [0.25, 0.3) is 0 Å². The second-order valence-corrected chi connectivity index (χ2v) is 4.65. The minimum atomic E-state index is -1.02. The van der Waals surface area contributed by atoms with E-state index in [1.807, 2.05) is 33.8 Å². The molecule has 0 fully saturated rings. The van der Waals surface area contributed by atoms with E-state index in [4.69, 9.17) is 9.47 Å². The molecule has 19 heavy (non-hydrogen) atoms. The van der Waals surface area contributed by atoms with Gasteiger partial charge >= 0.3 is 11.9 Å². The van der Waals surface area contributed by atoms with Crippen LogP contribution in [-0.2, 0) is 19.1 Å². The predicted molar refractivity (Wildman–Crippen MR) is 72.2 cm³/mol. The number of hydrogen-bond donors (Lipinski definition) is 0. The lowest BCUT2D eigenvalue weighted by atomic mass is 9.86. The van der Waals surface area contributed by atoms with Gasteiger partial charge in [-0.3, -0.25) is 9.59 Å². The van der Waals surface area contributed by atoms with Crippen molar-refractivity contribution in [2.45, 2.75) is 33.6 Å². The van der Waals surface area contributed by atoms with E-state index < -0.39 is 17.9 Å². The van der Waals surface area contributed by atoms with E-state index in [1.165, 1.54) is 14.2 Å². The lowest BCUT2D eigenvalue weighted by Crippen LogP contribution is -2.26. The van der Waals surface area contributed by atoms with Gasteiger partial charge in [-0.15, -0.1) is 0 Å². The van der Waals surface area contributed by atoms with Crippen molar-refractivity contribution in [3.05, 3.63) is 33.9 Å². The van der Waals surface area contributed by atoms with Crippen molar-refractivity contribution >= 4 is 11.9 Å². The standard InChI is InChI=1S/C15H20O4/c1-8-7-9(2)12(11(4)10(8)3)13(14(16)18-5)15(17)19-6/h7,13H,1-6H3. The number of hydrogen-bond acceptors (Lipinski definition) is 4. The number of methoxy groups -OCH3 is 2. The molecule has 4 heteroatoms. The molecule has 0 bridgehead atoms. The summed E-state index contributed by atoms with van der Waals surface area (Å²) in [5.74, 6) is -2.21. The molecule has 0 aromatic heterocycles. The van der Waals surface area contributed by atoms with Gasteiger partial charge in [0.05, 0.1) is 14.2 Å². The molecule has 0 atom stereocenters. The quantitative estimate of drug-likeness (QED) is 0.621. The molecule has 0 radical (unpaired) electrons. The Balaban J connectivity index is 3.51. The van der Waals surface area contributed by atoms with Crippen molar-refractivity contribution < 1.29 is 19.1 Å². The summed E-state index contributed by atoms with van der Waals surface area (Å²) in [5.41, 5.74) is 4.70. The summed E-state index contributed by atoms with van der Waals surface area (Å²) in [4.78, 5) is 23.8. The number of carbonyl (C=O) groups is 2. The van der Waals surface area contributed by atoms with Gasteiger partial charge < -0.3 is 9.47 Å². The second kappa shape index (κ2) is 5.87. The van der Waals surface area contributed by atoms with Crippen LogP contribution in [0.4, 0.5) is 0 Å². The maximum absolute atomic E-state index is 11.9. The van der Waals surface area contributed by atoms with Crippen LogP contribution >= 0.6 is 0 Å². The van der Waals surface area contributed by atoms with Crippen LogP contribution in [0.2, 0.25) is 0 Å². The Bertz CT molecular complexity index is 501. The topological polar surface area (TPSA) is 52.6 Å². The number of carbonyl (C=O) groups excluding carboxylic acids is 2. The first-order valence-electron chi connectivity index (χ1n) is 6.08. The molecule has 0 N–H and O–H groups in total. The monoisotopic (exact) mass is 264 g/mol. The number of aryl methyl sites for hydroxylation is 2. The van der Waals surface area contributed by atoms with Crippen molar-refractivity contribution in [2.24, 2.45) is 0 Å². The maximum atomic E-state index is 11.9. The van der Waals surface area contributed by atoms with Gasteiger partial charge in [0.2, 0.25) is 0 Å². The van der Waals surface area contributed by atoms with E-state index >= 15 is 0 Å². The first-order chi connectivity index (χ1) is 8.84. The van der Waals surface area contributed by atoms with Gasteiger partial charge in [0, 0.05) is 0 Å². The fraction of sp³-hybridized carbons (Fsp3) is 0.467. The summed E-state index contributed by atoms with van der Waals surface area (Å²) >= 11 is 0. The Morgan fingerprint density at radius 3 is 1.79 bits per heavy atom. The average Bonchev–Trinajstić information content (AvgIpc) is 2.39. The molecule has 1 aromatic rings. The fourth-order valence-electron chi connectivity index (χ4n) is 2.32. The summed E-state index contributed by atoms with van der Waals surface area (Å²) in [6, 6.07) is 1.97. The Labute approximate surface area is 113 Å². The average molecular weight is 264 g/mol. The summed E-state index contributed by atoms with van der Waals surface area (Å²) in [7, 11) is 2.54. The maximum Gasteiger partial charge on any atom is 0.324 e. The number of rotatable bonds is 3. The van der Waals surface area contributed by atoms with E-state index in [9.17, 15) is 9.59 Å². The normalized spacial score (nSPS) is 10.5. The van der Waals surface area contributed by atoms with E-state index in [2.05, 4.69) is 0 Å². The van der Waals surface area contributed by atoms with Crippen molar-refractivity contribution in [3.63, 3.8) is 0 Å². The van der Waals surface area contributed by atoms with Crippen LogP contribution < -0.4 is 0 Å². The Morgan fingerprint density at radius 2 is 1.37 bits per heavy atom. The van der Waals surface area contributed by atoms with Gasteiger partial charge in [-0.25, -0.2) is 0 Å². The zero-order valence-corrected chi connectivity index (χ0v) is 12.3. The third-order valence-electron chi connectivity index (χ3n) is 3.58. The largest absolute Gasteiger partial charge is 0.468 e. The highest BCUT2D eigenvalue weighted by molar-refractivity contribution is 6.01. The highest BCUT2D eigenvalue weighted by Gasteiger charge is 2.33. The van der Waals surface area contributed by atoms with Gasteiger partial charge in [0.1, 0.15) is 0 Å². The van der Waals surface area contributed by atoms with E-state index in [0.717, 1.165) is 22.3 Å². The van der Waals surface area contributed by atoms with Gasteiger partial charge in [-0.1, -0.05) is 6.07 Å². The molecule has 104 valence electrons. The first kappa shape index (κ1) is 15.2. The third kappa shape index (κ3) is 2.78. The molecule has 0 saturated heterocycles. The summed E-state index contributed by atoms with van der Waals surface area (Å²) in [6.45, 7) is 7.76. The van der Waals surface area contributed by atoms with Crippen molar-refractivity contribution in [2.75, 3.05) is 14.2 Å². The molecular formula is C15H20O4. The number of benzene rings is 1. The van der Waals surface area contributed by atoms with Crippen LogP contribution in [0.5, 0.6) is 0 Å². The summed E-state index contributed by atoms with van der Waals surface area (Å²) in [6.07, 6.45) is 0. The van der Waals surface area contributed by atoms with Crippen molar-refractivity contribution in [1.29, 1.82) is 0 Å². The molecule has 0 heterocycles. The highest BCUT2D eigenvalue weighted by Crippen LogP contribution is 2.30. The molecule has 0 saturated carbocycles. The van der Waals surface area contributed by atoms with Gasteiger partial charge in [-0.2, -0.15) is 0 Å². The van der Waals surface area contributed by atoms with Crippen LogP contribution in [0.3, 0.4) is 0 Å². The summed E-state index contributed by atoms with van der Waals surface area (Å²) < 4.78 is 9.46. The first-order valence-corrected chi connectivity index (χ1v) is 6.08. The number of ether oxygens (including phenoxy) is 2. The minimum absolute atomic E-state index is 0.596. The fourth-order valence-corrected chi connectivity index (χ4v) is 2.32. The molecule has 0 spiro atoms. The zero-order chi connectivity index (χ0) is 14.7. The van der Waals surface area contributed by atoms with Crippen LogP contribution in [0.25, 0.3) is 0 Å². The van der Waals surface area contributed by atoms with E-state index in [0.29, 0.717) is 5.56 Å². The van der Waals surface area contributed by atoms with Crippen molar-refractivity contribution in [1.82, 2.24) is 0 Å². The van der Waals surface area contributed by atoms with Crippen LogP contribution in [0.15, 0.2) is 6.07 Å². The molecular weight excluding hydrogens is 244 g/mol. The smallest absolute Gasteiger partial charge is 0.324 e. The molecule has 1 rings (SSSR count). The number of esters is 2. The minimum Gasteiger partial charge on any atom is -0.468 e. The summed E-state index contributed by atoms with van der Waals surface area (Å²) in [5, 5.41) is 0. The SMILES string of the molecule is COC(=O)C(C(=O)OC)c1c(C)cc(C)c(C)c1C. The lowest BCUT2D eigenvalue weighted by molar-refractivity contribution is -0.154. The van der Waals surface area contributed by atoms with E-state index in [1.54, 1.807) is 0 Å². The van der Waals surface area contributed by atoms with Crippen LogP contribution in [0.1, 0.15) is 33.7 Å².